The Morgan fingerprint density at radius 1 is 1.19 bits per heavy atom. The molecule has 1 aliphatic heterocycles. The van der Waals surface area contributed by atoms with E-state index >= 15 is 0 Å². The van der Waals surface area contributed by atoms with Crippen LogP contribution < -0.4 is 10.1 Å². The zero-order valence-corrected chi connectivity index (χ0v) is 19.3. The molecule has 172 valence electrons. The van der Waals surface area contributed by atoms with E-state index in [1.807, 2.05) is 43.6 Å². The number of hydrogen-bond acceptors (Lipinski definition) is 4. The summed E-state index contributed by atoms with van der Waals surface area (Å²) in [6.45, 7) is 3.99. The number of carbonyl (C=O) groups is 1. The number of amides is 2. The van der Waals surface area contributed by atoms with Crippen molar-refractivity contribution < 1.29 is 9.53 Å². The molecule has 2 heterocycles. The molecule has 7 heteroatoms. The Balaban J connectivity index is 1.24. The summed E-state index contributed by atoms with van der Waals surface area (Å²) in [5.74, 6) is 1.65. The zero-order chi connectivity index (χ0) is 22.1. The van der Waals surface area contributed by atoms with Crippen LogP contribution in [0.2, 0.25) is 0 Å². The van der Waals surface area contributed by atoms with Crippen LogP contribution in [0.3, 0.4) is 0 Å². The van der Waals surface area contributed by atoms with Crippen molar-refractivity contribution in [3.05, 3.63) is 47.8 Å². The van der Waals surface area contributed by atoms with E-state index in [1.54, 1.807) is 4.68 Å². The van der Waals surface area contributed by atoms with Crippen LogP contribution in [0, 0.1) is 11.3 Å². The molecule has 0 bridgehead atoms. The van der Waals surface area contributed by atoms with Crippen molar-refractivity contribution in [2.45, 2.75) is 51.2 Å². The van der Waals surface area contributed by atoms with Gasteiger partial charge in [-0.3, -0.25) is 4.68 Å². The smallest absolute Gasteiger partial charge is 0.318 e. The molecule has 1 aromatic heterocycles. The first-order valence-electron chi connectivity index (χ1n) is 11.9. The molecule has 1 atom stereocenters. The first-order chi connectivity index (χ1) is 15.5. The molecule has 3 fully saturated rings. The second-order valence-corrected chi connectivity index (χ2v) is 10.1. The number of nitrogens with one attached hydrogen (secondary N) is 1. The van der Waals surface area contributed by atoms with Gasteiger partial charge in [0.1, 0.15) is 5.75 Å². The van der Waals surface area contributed by atoms with E-state index in [0.717, 1.165) is 49.0 Å². The Hall–Kier alpha value is -2.54. The van der Waals surface area contributed by atoms with E-state index in [0.29, 0.717) is 13.1 Å². The predicted octanol–water partition coefficient (Wildman–Crippen LogP) is 3.41. The van der Waals surface area contributed by atoms with Crippen molar-refractivity contribution in [2.24, 2.45) is 18.4 Å². The first-order valence-corrected chi connectivity index (χ1v) is 11.9. The van der Waals surface area contributed by atoms with Crippen LogP contribution in [0.15, 0.2) is 36.5 Å². The minimum absolute atomic E-state index is 0.00513. The maximum Gasteiger partial charge on any atom is 0.318 e. The van der Waals surface area contributed by atoms with Crippen LogP contribution >= 0.6 is 0 Å². The lowest BCUT2D eigenvalue weighted by Gasteiger charge is -2.43. The summed E-state index contributed by atoms with van der Waals surface area (Å²) >= 11 is 0. The quantitative estimate of drug-likeness (QED) is 0.688. The highest BCUT2D eigenvalue weighted by Gasteiger charge is 2.54. The summed E-state index contributed by atoms with van der Waals surface area (Å²) in [5.41, 5.74) is 2.27. The van der Waals surface area contributed by atoms with Gasteiger partial charge in [0, 0.05) is 37.8 Å². The maximum atomic E-state index is 13.4. The maximum absolute atomic E-state index is 13.4. The van der Waals surface area contributed by atoms with Crippen molar-refractivity contribution in [3.63, 3.8) is 0 Å². The van der Waals surface area contributed by atoms with Gasteiger partial charge in [-0.1, -0.05) is 12.1 Å². The Bertz CT molecular complexity index is 932. The minimum atomic E-state index is 0.00513. The minimum Gasteiger partial charge on any atom is -0.493 e. The van der Waals surface area contributed by atoms with Gasteiger partial charge in [0.2, 0.25) is 0 Å². The molecular weight excluding hydrogens is 402 g/mol. The number of piperidine rings is 1. The fourth-order valence-corrected chi connectivity index (χ4v) is 5.04. The number of benzene rings is 1. The largest absolute Gasteiger partial charge is 0.493 e. The number of hydrogen-bond donors (Lipinski definition) is 1. The van der Waals surface area contributed by atoms with Crippen molar-refractivity contribution in [2.75, 3.05) is 26.7 Å². The zero-order valence-electron chi connectivity index (χ0n) is 19.3. The van der Waals surface area contributed by atoms with Gasteiger partial charge in [0.15, 0.2) is 0 Å². The number of ether oxygens (including phenoxy) is 1. The number of aryl methyl sites for hydroxylation is 1. The van der Waals surface area contributed by atoms with E-state index in [1.165, 1.54) is 25.7 Å². The van der Waals surface area contributed by atoms with Gasteiger partial charge >= 0.3 is 6.03 Å². The Morgan fingerprint density at radius 3 is 2.62 bits per heavy atom. The average Bonchev–Trinajstić information content (AvgIpc) is 3.71. The van der Waals surface area contributed by atoms with Crippen LogP contribution in [0.25, 0.3) is 0 Å². The summed E-state index contributed by atoms with van der Waals surface area (Å²) in [7, 11) is 4.11. The molecule has 2 aliphatic carbocycles. The summed E-state index contributed by atoms with van der Waals surface area (Å²) < 4.78 is 7.63. The fraction of sp³-hybridized carbons (Fsp3) is 0.600. The number of nitrogens with zero attached hydrogens (tertiary/aromatic N) is 4. The first kappa shape index (κ1) is 21.3. The number of carbonyl (C=O) groups excluding carboxylic acids is 1. The highest BCUT2D eigenvalue weighted by Crippen LogP contribution is 2.54. The summed E-state index contributed by atoms with van der Waals surface area (Å²) in [4.78, 5) is 17.9. The SMILES string of the molecule is CN1CCC(N(Cc2ccn(C)n2)C(=O)NCc2ccc(OCC3CC3)cc2)C2(CC2)C1. The molecule has 3 aliphatic rings. The standard InChI is InChI=1S/C25H35N5O2/c1-28-13-10-23(25(18-28)11-12-25)30(16-21-9-14-29(2)27-21)24(31)26-15-19-5-7-22(8-6-19)32-17-20-3-4-20/h5-9,14,20,23H,3-4,10-13,15-18H2,1-2H3,(H,26,31). The van der Waals surface area contributed by atoms with Gasteiger partial charge in [-0.15, -0.1) is 0 Å². The second-order valence-electron chi connectivity index (χ2n) is 10.1. The lowest BCUT2D eigenvalue weighted by molar-refractivity contribution is 0.0669. The highest BCUT2D eigenvalue weighted by molar-refractivity contribution is 5.74. The van der Waals surface area contributed by atoms with Gasteiger partial charge < -0.3 is 19.9 Å². The monoisotopic (exact) mass is 437 g/mol. The molecule has 1 N–H and O–H groups in total. The van der Waals surface area contributed by atoms with Gasteiger partial charge in [-0.25, -0.2) is 4.79 Å². The van der Waals surface area contributed by atoms with E-state index in [4.69, 9.17) is 4.74 Å². The van der Waals surface area contributed by atoms with E-state index in [9.17, 15) is 4.79 Å². The summed E-state index contributed by atoms with van der Waals surface area (Å²) in [6.07, 6.45) is 7.95. The van der Waals surface area contributed by atoms with Crippen LogP contribution in [0.5, 0.6) is 5.75 Å². The number of aromatic nitrogens is 2. The Labute approximate surface area is 190 Å². The predicted molar refractivity (Wildman–Crippen MR) is 123 cm³/mol. The van der Waals surface area contributed by atoms with Crippen LogP contribution in [-0.4, -0.2) is 58.4 Å². The van der Waals surface area contributed by atoms with Crippen LogP contribution in [0.1, 0.15) is 43.4 Å². The highest BCUT2D eigenvalue weighted by atomic mass is 16.5. The van der Waals surface area contributed by atoms with Gasteiger partial charge in [-0.2, -0.15) is 5.10 Å². The molecule has 2 saturated carbocycles. The Kier molecular flexibility index (Phi) is 5.84. The van der Waals surface area contributed by atoms with Gasteiger partial charge in [0.25, 0.3) is 0 Å². The van der Waals surface area contributed by atoms with E-state index in [2.05, 4.69) is 27.3 Å². The molecule has 1 spiro atoms. The third-order valence-corrected chi connectivity index (χ3v) is 7.26. The third-order valence-electron chi connectivity index (χ3n) is 7.26. The molecule has 2 aromatic rings. The third kappa shape index (κ3) is 4.93. The normalized spacial score (nSPS) is 22.0. The molecule has 5 rings (SSSR count). The lowest BCUT2D eigenvalue weighted by Crippen LogP contribution is -2.55. The molecule has 7 nitrogen and oxygen atoms in total. The van der Waals surface area contributed by atoms with Crippen LogP contribution in [-0.2, 0) is 20.1 Å². The van der Waals surface area contributed by atoms with Crippen molar-refractivity contribution in [3.8, 4) is 5.75 Å². The Morgan fingerprint density at radius 2 is 1.97 bits per heavy atom. The molecule has 1 aromatic carbocycles. The van der Waals surface area contributed by atoms with Crippen molar-refractivity contribution >= 4 is 6.03 Å². The summed E-state index contributed by atoms with van der Waals surface area (Å²) in [5, 5.41) is 7.72. The van der Waals surface area contributed by atoms with Crippen molar-refractivity contribution in [1.29, 1.82) is 0 Å². The van der Waals surface area contributed by atoms with Gasteiger partial charge in [0.05, 0.1) is 18.8 Å². The lowest BCUT2D eigenvalue weighted by atomic mass is 9.88. The van der Waals surface area contributed by atoms with Crippen molar-refractivity contribution in [1.82, 2.24) is 24.9 Å². The summed E-state index contributed by atoms with van der Waals surface area (Å²) in [6, 6.07) is 10.4. The number of likely N-dealkylation sites (tertiary alicyclic amines) is 1. The number of urea groups is 1. The second kappa shape index (κ2) is 8.77. The molecule has 0 radical (unpaired) electrons. The van der Waals surface area contributed by atoms with E-state index < -0.39 is 0 Å². The fourth-order valence-electron chi connectivity index (χ4n) is 5.04. The number of rotatable bonds is 8. The molecule has 1 unspecified atom stereocenters. The van der Waals surface area contributed by atoms with E-state index in [-0.39, 0.29) is 17.5 Å². The molecular formula is C25H35N5O2. The molecule has 2 amide bonds. The van der Waals surface area contributed by atoms with Crippen LogP contribution in [0.4, 0.5) is 4.79 Å². The topological polar surface area (TPSA) is 62.6 Å². The molecule has 1 saturated heterocycles. The average molecular weight is 438 g/mol. The van der Waals surface area contributed by atoms with Gasteiger partial charge in [-0.05, 0) is 75.4 Å². The molecule has 32 heavy (non-hydrogen) atoms.